The van der Waals surface area contributed by atoms with E-state index in [1.807, 2.05) is 12.1 Å². The summed E-state index contributed by atoms with van der Waals surface area (Å²) in [6.07, 6.45) is 4.09. The molecule has 2 unspecified atom stereocenters. The van der Waals surface area contributed by atoms with Crippen molar-refractivity contribution in [3.63, 3.8) is 0 Å². The lowest BCUT2D eigenvalue weighted by atomic mass is 9.92. The van der Waals surface area contributed by atoms with Crippen LogP contribution in [0.5, 0.6) is 0 Å². The summed E-state index contributed by atoms with van der Waals surface area (Å²) in [4.78, 5) is 14.6. The first-order chi connectivity index (χ1) is 11.0. The van der Waals surface area contributed by atoms with Gasteiger partial charge in [-0.25, -0.2) is 4.39 Å². The number of halogens is 2. The number of amides is 1. The molecule has 1 aromatic carbocycles. The monoisotopic (exact) mass is 384 g/mol. The van der Waals surface area contributed by atoms with Gasteiger partial charge in [-0.15, -0.1) is 0 Å². The third-order valence-electron chi connectivity index (χ3n) is 4.58. The standard InChI is InChI=1S/C18H26BrFN2O/c1-3-4-9-21-18(23)15-7-5-13(2)22(12-15)11-14-6-8-17(20)16(19)10-14/h6,8,10,13,15H,3-5,7,9,11-12H2,1-2H3,(H,21,23). The second-order valence-electron chi connectivity index (χ2n) is 6.45. The van der Waals surface area contributed by atoms with Crippen LogP contribution in [-0.2, 0) is 11.3 Å². The van der Waals surface area contributed by atoms with Gasteiger partial charge in [0.05, 0.1) is 10.4 Å². The molecule has 1 aliphatic heterocycles. The van der Waals surface area contributed by atoms with Gasteiger partial charge in [-0.2, -0.15) is 0 Å². The molecule has 0 saturated carbocycles. The Labute approximate surface area is 146 Å². The number of benzene rings is 1. The van der Waals surface area contributed by atoms with Crippen molar-refractivity contribution in [2.24, 2.45) is 5.92 Å². The number of unbranched alkanes of at least 4 members (excludes halogenated alkanes) is 1. The lowest BCUT2D eigenvalue weighted by Crippen LogP contribution is -2.46. The van der Waals surface area contributed by atoms with Crippen LogP contribution < -0.4 is 5.32 Å². The second-order valence-corrected chi connectivity index (χ2v) is 7.30. The number of carbonyl (C=O) groups is 1. The van der Waals surface area contributed by atoms with Crippen LogP contribution in [0.25, 0.3) is 0 Å². The summed E-state index contributed by atoms with van der Waals surface area (Å²) in [5, 5.41) is 3.05. The summed E-state index contributed by atoms with van der Waals surface area (Å²) < 4.78 is 13.9. The average Bonchev–Trinajstić information content (AvgIpc) is 2.53. The van der Waals surface area contributed by atoms with E-state index in [1.165, 1.54) is 6.07 Å². The molecule has 1 amide bonds. The van der Waals surface area contributed by atoms with Crippen LogP contribution in [0.2, 0.25) is 0 Å². The lowest BCUT2D eigenvalue weighted by Gasteiger charge is -2.37. The molecule has 1 saturated heterocycles. The Morgan fingerprint density at radius 1 is 1.43 bits per heavy atom. The topological polar surface area (TPSA) is 32.3 Å². The van der Waals surface area contributed by atoms with E-state index in [4.69, 9.17) is 0 Å². The normalized spacial score (nSPS) is 22.1. The number of nitrogens with one attached hydrogen (secondary N) is 1. The first-order valence-electron chi connectivity index (χ1n) is 8.47. The van der Waals surface area contributed by atoms with Crippen LogP contribution in [0.15, 0.2) is 22.7 Å². The summed E-state index contributed by atoms with van der Waals surface area (Å²) in [5.74, 6) is -0.00352. The van der Waals surface area contributed by atoms with Crippen molar-refractivity contribution in [3.8, 4) is 0 Å². The predicted octanol–water partition coefficient (Wildman–Crippen LogP) is 4.11. The minimum atomic E-state index is -0.242. The van der Waals surface area contributed by atoms with Crippen LogP contribution in [0.4, 0.5) is 4.39 Å². The van der Waals surface area contributed by atoms with Gasteiger partial charge in [0.15, 0.2) is 0 Å². The maximum atomic E-state index is 13.4. The molecule has 0 aromatic heterocycles. The number of carbonyl (C=O) groups excluding carboxylic acids is 1. The Morgan fingerprint density at radius 2 is 2.22 bits per heavy atom. The number of likely N-dealkylation sites (tertiary alicyclic amines) is 1. The Bertz CT molecular complexity index is 538. The molecular weight excluding hydrogens is 359 g/mol. The highest BCUT2D eigenvalue weighted by atomic mass is 79.9. The zero-order valence-electron chi connectivity index (χ0n) is 13.9. The fourth-order valence-electron chi connectivity index (χ4n) is 3.02. The van der Waals surface area contributed by atoms with Gasteiger partial charge in [0.2, 0.25) is 5.91 Å². The molecule has 2 rings (SSSR count). The van der Waals surface area contributed by atoms with Gasteiger partial charge in [0, 0.05) is 25.7 Å². The van der Waals surface area contributed by atoms with Crippen LogP contribution in [0, 0.1) is 11.7 Å². The van der Waals surface area contributed by atoms with Gasteiger partial charge >= 0.3 is 0 Å². The van der Waals surface area contributed by atoms with Crippen molar-refractivity contribution < 1.29 is 9.18 Å². The van der Waals surface area contributed by atoms with Crippen molar-refractivity contribution in [1.29, 1.82) is 0 Å². The third kappa shape index (κ3) is 5.28. The van der Waals surface area contributed by atoms with Crippen molar-refractivity contribution in [1.82, 2.24) is 10.2 Å². The van der Waals surface area contributed by atoms with E-state index >= 15 is 0 Å². The molecule has 0 spiro atoms. The van der Waals surface area contributed by atoms with E-state index in [9.17, 15) is 9.18 Å². The van der Waals surface area contributed by atoms with Gasteiger partial charge in [0.25, 0.3) is 0 Å². The fourth-order valence-corrected chi connectivity index (χ4v) is 3.45. The first-order valence-corrected chi connectivity index (χ1v) is 9.26. The molecule has 23 heavy (non-hydrogen) atoms. The van der Waals surface area contributed by atoms with Gasteiger partial charge in [0.1, 0.15) is 5.82 Å². The molecule has 1 aliphatic rings. The molecule has 0 aliphatic carbocycles. The SMILES string of the molecule is CCCCNC(=O)C1CCC(C)N(Cc2ccc(F)c(Br)c2)C1. The van der Waals surface area contributed by atoms with Gasteiger partial charge in [-0.3, -0.25) is 9.69 Å². The highest BCUT2D eigenvalue weighted by Gasteiger charge is 2.29. The Kier molecular flexibility index (Phi) is 7.03. The molecule has 128 valence electrons. The number of hydrogen-bond donors (Lipinski definition) is 1. The molecule has 0 radical (unpaired) electrons. The zero-order valence-corrected chi connectivity index (χ0v) is 15.5. The zero-order chi connectivity index (χ0) is 16.8. The van der Waals surface area contributed by atoms with E-state index in [0.717, 1.165) is 50.9 Å². The maximum absolute atomic E-state index is 13.4. The van der Waals surface area contributed by atoms with Crippen molar-refractivity contribution in [3.05, 3.63) is 34.1 Å². The average molecular weight is 385 g/mol. The summed E-state index contributed by atoms with van der Waals surface area (Å²) in [7, 11) is 0. The van der Waals surface area contributed by atoms with E-state index in [2.05, 4.69) is 40.0 Å². The highest BCUT2D eigenvalue weighted by Crippen LogP contribution is 2.25. The molecule has 2 atom stereocenters. The number of hydrogen-bond acceptors (Lipinski definition) is 2. The Balaban J connectivity index is 1.94. The molecule has 1 N–H and O–H groups in total. The predicted molar refractivity (Wildman–Crippen MR) is 94.6 cm³/mol. The number of nitrogens with zero attached hydrogens (tertiary/aromatic N) is 1. The molecule has 5 heteroatoms. The van der Waals surface area contributed by atoms with Crippen LogP contribution in [-0.4, -0.2) is 29.9 Å². The number of piperidine rings is 1. The summed E-state index contributed by atoms with van der Waals surface area (Å²) in [6, 6.07) is 5.58. The quantitative estimate of drug-likeness (QED) is 0.748. The molecule has 1 heterocycles. The Hall–Kier alpha value is -0.940. The van der Waals surface area contributed by atoms with Gasteiger partial charge < -0.3 is 5.32 Å². The summed E-state index contributed by atoms with van der Waals surface area (Å²) >= 11 is 3.24. The minimum absolute atomic E-state index is 0.0620. The molecule has 0 bridgehead atoms. The molecule has 1 aromatic rings. The van der Waals surface area contributed by atoms with Crippen molar-refractivity contribution >= 4 is 21.8 Å². The van der Waals surface area contributed by atoms with Crippen LogP contribution >= 0.6 is 15.9 Å². The first kappa shape index (κ1) is 18.4. The van der Waals surface area contributed by atoms with Gasteiger partial charge in [-0.05, 0) is 59.8 Å². The molecule has 1 fully saturated rings. The van der Waals surface area contributed by atoms with E-state index in [1.54, 1.807) is 0 Å². The summed E-state index contributed by atoms with van der Waals surface area (Å²) in [6.45, 7) is 6.61. The second kappa shape index (κ2) is 8.78. The number of rotatable bonds is 6. The fraction of sp³-hybridized carbons (Fsp3) is 0.611. The van der Waals surface area contributed by atoms with Gasteiger partial charge in [-0.1, -0.05) is 19.4 Å². The van der Waals surface area contributed by atoms with Crippen LogP contribution in [0.3, 0.4) is 0 Å². The minimum Gasteiger partial charge on any atom is -0.356 e. The van der Waals surface area contributed by atoms with Crippen molar-refractivity contribution in [2.75, 3.05) is 13.1 Å². The smallest absolute Gasteiger partial charge is 0.224 e. The molecule has 3 nitrogen and oxygen atoms in total. The maximum Gasteiger partial charge on any atom is 0.224 e. The third-order valence-corrected chi connectivity index (χ3v) is 5.19. The van der Waals surface area contributed by atoms with E-state index < -0.39 is 0 Å². The van der Waals surface area contributed by atoms with E-state index in [-0.39, 0.29) is 17.6 Å². The highest BCUT2D eigenvalue weighted by molar-refractivity contribution is 9.10. The van der Waals surface area contributed by atoms with E-state index in [0.29, 0.717) is 10.5 Å². The van der Waals surface area contributed by atoms with Crippen LogP contribution in [0.1, 0.15) is 45.1 Å². The lowest BCUT2D eigenvalue weighted by molar-refractivity contribution is -0.127. The van der Waals surface area contributed by atoms with Crippen molar-refractivity contribution in [2.45, 2.75) is 52.1 Å². The summed E-state index contributed by atoms with van der Waals surface area (Å²) in [5.41, 5.74) is 1.07. The Morgan fingerprint density at radius 3 is 2.91 bits per heavy atom. The molecular formula is C18H26BrFN2O. The largest absolute Gasteiger partial charge is 0.356 e.